The first kappa shape index (κ1) is 16.0. The molecule has 20 heavy (non-hydrogen) atoms. The molecule has 5 nitrogen and oxygen atoms in total. The molecule has 0 heterocycles. The van der Waals surface area contributed by atoms with Crippen molar-refractivity contribution in [2.45, 2.75) is 39.3 Å². The second-order valence-corrected chi connectivity index (χ2v) is 4.30. The van der Waals surface area contributed by atoms with E-state index >= 15 is 0 Å². The SMILES string of the molecule is CCCC(NC(=O)OCc1ccccc1)C(=O)OCC. The standard InChI is InChI=1S/C15H21NO4/c1-3-8-13(14(17)19-4-2)16-15(18)20-11-12-9-6-5-7-10-12/h5-7,9-10,13H,3-4,8,11H2,1-2H3,(H,16,18). The zero-order chi connectivity index (χ0) is 14.8. The van der Waals surface area contributed by atoms with Crippen LogP contribution in [0.2, 0.25) is 0 Å². The summed E-state index contributed by atoms with van der Waals surface area (Å²) >= 11 is 0. The van der Waals surface area contributed by atoms with Crippen LogP contribution < -0.4 is 5.32 Å². The molecule has 0 aromatic heterocycles. The van der Waals surface area contributed by atoms with E-state index in [1.165, 1.54) is 0 Å². The van der Waals surface area contributed by atoms with Gasteiger partial charge in [0.15, 0.2) is 0 Å². The fraction of sp³-hybridized carbons (Fsp3) is 0.467. The number of hydrogen-bond acceptors (Lipinski definition) is 4. The van der Waals surface area contributed by atoms with E-state index in [1.807, 2.05) is 37.3 Å². The van der Waals surface area contributed by atoms with Crippen LogP contribution in [0.15, 0.2) is 30.3 Å². The molecule has 5 heteroatoms. The van der Waals surface area contributed by atoms with Gasteiger partial charge < -0.3 is 14.8 Å². The molecule has 0 radical (unpaired) electrons. The van der Waals surface area contributed by atoms with Gasteiger partial charge in [0.05, 0.1) is 6.61 Å². The van der Waals surface area contributed by atoms with Gasteiger partial charge in [-0.05, 0) is 18.9 Å². The maximum absolute atomic E-state index is 11.7. The molecular weight excluding hydrogens is 258 g/mol. The molecule has 0 saturated carbocycles. The Balaban J connectivity index is 2.43. The predicted molar refractivity (Wildman–Crippen MR) is 75.1 cm³/mol. The molecule has 1 aromatic rings. The average molecular weight is 279 g/mol. The topological polar surface area (TPSA) is 64.6 Å². The van der Waals surface area contributed by atoms with Crippen LogP contribution in [0.3, 0.4) is 0 Å². The molecule has 0 aliphatic carbocycles. The van der Waals surface area contributed by atoms with E-state index in [4.69, 9.17) is 9.47 Å². The Kier molecular flexibility index (Phi) is 7.17. The van der Waals surface area contributed by atoms with E-state index in [-0.39, 0.29) is 6.61 Å². The van der Waals surface area contributed by atoms with Crippen molar-refractivity contribution in [2.75, 3.05) is 6.61 Å². The fourth-order valence-corrected chi connectivity index (χ4v) is 1.69. The van der Waals surface area contributed by atoms with Crippen LogP contribution in [0.25, 0.3) is 0 Å². The second kappa shape index (κ2) is 8.96. The summed E-state index contributed by atoms with van der Waals surface area (Å²) in [5, 5.41) is 2.54. The zero-order valence-electron chi connectivity index (χ0n) is 11.9. The Bertz CT molecular complexity index is 419. The van der Waals surface area contributed by atoms with Gasteiger partial charge in [0.25, 0.3) is 0 Å². The molecule has 0 fully saturated rings. The molecule has 1 N–H and O–H groups in total. The third-order valence-electron chi connectivity index (χ3n) is 2.65. The number of ether oxygens (including phenoxy) is 2. The quantitative estimate of drug-likeness (QED) is 0.779. The number of nitrogens with one attached hydrogen (secondary N) is 1. The van der Waals surface area contributed by atoms with Gasteiger partial charge in [-0.25, -0.2) is 9.59 Å². The van der Waals surface area contributed by atoms with Crippen LogP contribution in [-0.2, 0) is 20.9 Å². The molecule has 1 rings (SSSR count). The van der Waals surface area contributed by atoms with Gasteiger partial charge in [-0.1, -0.05) is 43.7 Å². The summed E-state index contributed by atoms with van der Waals surface area (Å²) in [6.45, 7) is 4.13. The second-order valence-electron chi connectivity index (χ2n) is 4.30. The van der Waals surface area contributed by atoms with Crippen molar-refractivity contribution < 1.29 is 19.1 Å². The molecule has 110 valence electrons. The van der Waals surface area contributed by atoms with Crippen molar-refractivity contribution in [3.05, 3.63) is 35.9 Å². The Morgan fingerprint density at radius 1 is 1.15 bits per heavy atom. The minimum atomic E-state index is -0.650. The number of amides is 1. The summed E-state index contributed by atoms with van der Waals surface area (Å²) in [6, 6.07) is 8.71. The van der Waals surface area contributed by atoms with Gasteiger partial charge in [-0.2, -0.15) is 0 Å². The van der Waals surface area contributed by atoms with Gasteiger partial charge in [0, 0.05) is 0 Å². The lowest BCUT2D eigenvalue weighted by molar-refractivity contribution is -0.145. The van der Waals surface area contributed by atoms with Crippen LogP contribution in [-0.4, -0.2) is 24.7 Å². The third-order valence-corrected chi connectivity index (χ3v) is 2.65. The summed E-state index contributed by atoms with van der Waals surface area (Å²) < 4.78 is 9.99. The monoisotopic (exact) mass is 279 g/mol. The minimum absolute atomic E-state index is 0.175. The lowest BCUT2D eigenvalue weighted by Crippen LogP contribution is -2.42. The lowest BCUT2D eigenvalue weighted by atomic mass is 10.2. The number of carbonyl (C=O) groups is 2. The number of carbonyl (C=O) groups excluding carboxylic acids is 2. The average Bonchev–Trinajstić information content (AvgIpc) is 2.46. The van der Waals surface area contributed by atoms with E-state index in [2.05, 4.69) is 5.32 Å². The maximum atomic E-state index is 11.7. The highest BCUT2D eigenvalue weighted by Gasteiger charge is 2.21. The Morgan fingerprint density at radius 3 is 2.45 bits per heavy atom. The molecule has 1 atom stereocenters. The van der Waals surface area contributed by atoms with E-state index < -0.39 is 18.1 Å². The molecule has 0 bridgehead atoms. The molecule has 1 amide bonds. The van der Waals surface area contributed by atoms with Crippen molar-refractivity contribution >= 4 is 12.1 Å². The maximum Gasteiger partial charge on any atom is 0.408 e. The number of esters is 1. The molecule has 0 aliphatic rings. The highest BCUT2D eigenvalue weighted by atomic mass is 16.6. The van der Waals surface area contributed by atoms with Crippen molar-refractivity contribution in [3.63, 3.8) is 0 Å². The first-order valence-corrected chi connectivity index (χ1v) is 6.81. The van der Waals surface area contributed by atoms with Gasteiger partial charge in [-0.3, -0.25) is 0 Å². The summed E-state index contributed by atoms with van der Waals surface area (Å²) in [5.74, 6) is -0.425. The van der Waals surface area contributed by atoms with Crippen LogP contribution in [0.4, 0.5) is 4.79 Å². The first-order valence-electron chi connectivity index (χ1n) is 6.81. The summed E-state index contributed by atoms with van der Waals surface area (Å²) in [7, 11) is 0. The Hall–Kier alpha value is -2.04. The van der Waals surface area contributed by atoms with Crippen molar-refractivity contribution in [2.24, 2.45) is 0 Å². The van der Waals surface area contributed by atoms with Crippen molar-refractivity contribution in [3.8, 4) is 0 Å². The fourth-order valence-electron chi connectivity index (χ4n) is 1.69. The molecular formula is C15H21NO4. The molecule has 1 aromatic carbocycles. The largest absolute Gasteiger partial charge is 0.464 e. The Labute approximate surface area is 119 Å². The number of hydrogen-bond donors (Lipinski definition) is 1. The van der Waals surface area contributed by atoms with Crippen LogP contribution in [0, 0.1) is 0 Å². The normalized spacial score (nSPS) is 11.5. The van der Waals surface area contributed by atoms with Crippen molar-refractivity contribution in [1.29, 1.82) is 0 Å². The number of rotatable bonds is 7. The van der Waals surface area contributed by atoms with Crippen LogP contribution in [0.1, 0.15) is 32.3 Å². The molecule has 1 unspecified atom stereocenters. The summed E-state index contributed by atoms with van der Waals surface area (Å²) in [5.41, 5.74) is 0.894. The Morgan fingerprint density at radius 2 is 1.85 bits per heavy atom. The zero-order valence-corrected chi connectivity index (χ0v) is 11.9. The van der Waals surface area contributed by atoms with Crippen LogP contribution >= 0.6 is 0 Å². The molecule has 0 spiro atoms. The van der Waals surface area contributed by atoms with Gasteiger partial charge in [-0.15, -0.1) is 0 Å². The van der Waals surface area contributed by atoms with E-state index in [0.29, 0.717) is 13.0 Å². The predicted octanol–water partition coefficient (Wildman–Crippen LogP) is 2.64. The van der Waals surface area contributed by atoms with Crippen LogP contribution in [0.5, 0.6) is 0 Å². The smallest absolute Gasteiger partial charge is 0.408 e. The summed E-state index contributed by atoms with van der Waals surface area (Å²) in [4.78, 5) is 23.3. The van der Waals surface area contributed by atoms with E-state index in [0.717, 1.165) is 12.0 Å². The molecule has 0 aliphatic heterocycles. The number of benzene rings is 1. The van der Waals surface area contributed by atoms with Gasteiger partial charge in [0.1, 0.15) is 12.6 Å². The minimum Gasteiger partial charge on any atom is -0.464 e. The van der Waals surface area contributed by atoms with Crippen molar-refractivity contribution in [1.82, 2.24) is 5.32 Å². The highest BCUT2D eigenvalue weighted by molar-refractivity contribution is 5.81. The highest BCUT2D eigenvalue weighted by Crippen LogP contribution is 2.03. The summed E-state index contributed by atoms with van der Waals surface area (Å²) in [6.07, 6.45) is 0.683. The first-order chi connectivity index (χ1) is 9.67. The van der Waals surface area contributed by atoms with E-state index in [1.54, 1.807) is 6.92 Å². The number of alkyl carbamates (subject to hydrolysis) is 1. The lowest BCUT2D eigenvalue weighted by Gasteiger charge is -2.16. The van der Waals surface area contributed by atoms with E-state index in [9.17, 15) is 9.59 Å². The molecule has 0 saturated heterocycles. The van der Waals surface area contributed by atoms with Gasteiger partial charge in [0.2, 0.25) is 0 Å². The van der Waals surface area contributed by atoms with Gasteiger partial charge >= 0.3 is 12.1 Å². The third kappa shape index (κ3) is 5.73.